The van der Waals surface area contributed by atoms with Gasteiger partial charge in [0.1, 0.15) is 18.4 Å². The summed E-state index contributed by atoms with van der Waals surface area (Å²) >= 11 is 7.93. The van der Waals surface area contributed by atoms with Gasteiger partial charge < -0.3 is 19.2 Å². The van der Waals surface area contributed by atoms with E-state index in [0.29, 0.717) is 35.7 Å². The van der Waals surface area contributed by atoms with Crippen LogP contribution >= 0.6 is 22.9 Å². The van der Waals surface area contributed by atoms with Gasteiger partial charge in [0.2, 0.25) is 17.5 Å². The average molecular weight is 521 g/mol. The first-order chi connectivity index (χ1) is 17.7. The molecule has 36 heavy (non-hydrogen) atoms. The highest BCUT2D eigenvalue weighted by atomic mass is 35.5. The molecule has 0 radical (unpaired) electrons. The Hall–Kier alpha value is -3.35. The van der Waals surface area contributed by atoms with E-state index in [0.717, 1.165) is 37.4 Å². The van der Waals surface area contributed by atoms with Crippen molar-refractivity contribution in [2.24, 2.45) is 0 Å². The van der Waals surface area contributed by atoms with Gasteiger partial charge in [-0.05, 0) is 41.8 Å². The number of morpholine rings is 1. The van der Waals surface area contributed by atoms with E-state index in [9.17, 15) is 5.26 Å². The minimum Gasteiger partial charge on any atom is -0.489 e. The zero-order chi connectivity index (χ0) is 24.7. The van der Waals surface area contributed by atoms with Crippen molar-refractivity contribution in [2.45, 2.75) is 12.6 Å². The van der Waals surface area contributed by atoms with E-state index in [1.54, 1.807) is 11.3 Å². The third-order valence-electron chi connectivity index (χ3n) is 6.00. The Bertz CT molecular complexity index is 1310. The van der Waals surface area contributed by atoms with Gasteiger partial charge in [-0.15, -0.1) is 11.3 Å². The molecule has 0 spiro atoms. The summed E-state index contributed by atoms with van der Waals surface area (Å²) in [5.41, 5.74) is 1.91. The summed E-state index contributed by atoms with van der Waals surface area (Å²) in [6, 6.07) is 21.5. The van der Waals surface area contributed by atoms with Crippen molar-refractivity contribution in [1.29, 1.82) is 5.26 Å². The van der Waals surface area contributed by atoms with Crippen LogP contribution in [0.5, 0.6) is 5.75 Å². The molecule has 1 saturated heterocycles. The topological polar surface area (TPSA) is 83.5 Å². The fourth-order valence-corrected chi connectivity index (χ4v) is 5.13. The standard InChI is InChI=1S/C27H25ClN4O3S/c28-22-5-2-1-4-20(22)18-34-21-9-7-19(8-10-21)26-31-23(16-29)27(35-26)30-17-24(25-6-3-15-36-25)32-11-13-33-14-12-32/h1-10,15,24,30H,11-14,17-18H2/t24-/m1/s1. The molecule has 0 saturated carbocycles. The Labute approximate surface area is 218 Å². The number of hydrogen-bond donors (Lipinski definition) is 1. The molecule has 1 fully saturated rings. The number of thiophene rings is 1. The Balaban J connectivity index is 1.27. The lowest BCUT2D eigenvalue weighted by Crippen LogP contribution is -2.41. The van der Waals surface area contributed by atoms with Gasteiger partial charge in [-0.3, -0.25) is 4.90 Å². The highest BCUT2D eigenvalue weighted by Crippen LogP contribution is 2.30. The molecular weight excluding hydrogens is 496 g/mol. The van der Waals surface area contributed by atoms with Gasteiger partial charge in [0.25, 0.3) is 0 Å². The van der Waals surface area contributed by atoms with Crippen LogP contribution in [0.4, 0.5) is 5.88 Å². The van der Waals surface area contributed by atoms with Crippen molar-refractivity contribution in [3.05, 3.63) is 87.2 Å². The van der Waals surface area contributed by atoms with Crippen LogP contribution in [-0.4, -0.2) is 42.7 Å². The van der Waals surface area contributed by atoms with E-state index < -0.39 is 0 Å². The molecule has 1 aliphatic rings. The lowest BCUT2D eigenvalue weighted by atomic mass is 10.2. The molecule has 2 aromatic carbocycles. The second-order valence-electron chi connectivity index (χ2n) is 8.27. The van der Waals surface area contributed by atoms with E-state index in [1.807, 2.05) is 48.5 Å². The fraction of sp³-hybridized carbons (Fsp3) is 0.259. The molecule has 0 aliphatic carbocycles. The van der Waals surface area contributed by atoms with Gasteiger partial charge in [-0.25, -0.2) is 0 Å². The van der Waals surface area contributed by atoms with Gasteiger partial charge in [0, 0.05) is 40.7 Å². The SMILES string of the molecule is N#Cc1nc(-c2ccc(OCc3ccccc3Cl)cc2)oc1NC[C@H](c1cccs1)N1CCOCC1. The molecule has 184 valence electrons. The number of ether oxygens (including phenoxy) is 2. The van der Waals surface area contributed by atoms with Crippen molar-refractivity contribution in [3.8, 4) is 23.3 Å². The number of hydrogen-bond acceptors (Lipinski definition) is 8. The third kappa shape index (κ3) is 5.72. The Morgan fingerprint density at radius 1 is 1.11 bits per heavy atom. The predicted octanol–water partition coefficient (Wildman–Crippen LogP) is 5.99. The number of anilines is 1. The predicted molar refractivity (Wildman–Crippen MR) is 140 cm³/mol. The van der Waals surface area contributed by atoms with Gasteiger partial charge in [-0.1, -0.05) is 35.9 Å². The van der Waals surface area contributed by atoms with Crippen molar-refractivity contribution in [2.75, 3.05) is 38.2 Å². The molecule has 4 aromatic rings. The fourth-order valence-electron chi connectivity index (χ4n) is 4.08. The zero-order valence-electron chi connectivity index (χ0n) is 19.5. The summed E-state index contributed by atoms with van der Waals surface area (Å²) in [6.07, 6.45) is 0. The smallest absolute Gasteiger partial charge is 0.232 e. The number of oxazole rings is 1. The monoisotopic (exact) mass is 520 g/mol. The molecule has 9 heteroatoms. The van der Waals surface area contributed by atoms with Crippen LogP contribution in [0.3, 0.4) is 0 Å². The molecule has 2 aromatic heterocycles. The van der Waals surface area contributed by atoms with E-state index in [2.05, 4.69) is 38.8 Å². The van der Waals surface area contributed by atoms with Gasteiger partial charge in [-0.2, -0.15) is 10.2 Å². The molecular formula is C27H25ClN4O3S. The summed E-state index contributed by atoms with van der Waals surface area (Å²) in [7, 11) is 0. The van der Waals surface area contributed by atoms with Crippen molar-refractivity contribution in [3.63, 3.8) is 0 Å². The number of nitrogens with zero attached hydrogens (tertiary/aromatic N) is 3. The number of aromatic nitrogens is 1. The number of benzene rings is 2. The first-order valence-electron chi connectivity index (χ1n) is 11.7. The molecule has 1 aliphatic heterocycles. The molecule has 1 N–H and O–H groups in total. The minimum atomic E-state index is 0.156. The van der Waals surface area contributed by atoms with Gasteiger partial charge >= 0.3 is 0 Å². The second-order valence-corrected chi connectivity index (χ2v) is 9.66. The van der Waals surface area contributed by atoms with Crippen LogP contribution in [0.1, 0.15) is 22.2 Å². The third-order valence-corrected chi connectivity index (χ3v) is 7.34. The lowest BCUT2D eigenvalue weighted by Gasteiger charge is -2.34. The Morgan fingerprint density at radius 2 is 1.92 bits per heavy atom. The Morgan fingerprint density at radius 3 is 2.64 bits per heavy atom. The van der Waals surface area contributed by atoms with Crippen LogP contribution in [0, 0.1) is 11.3 Å². The molecule has 7 nitrogen and oxygen atoms in total. The maximum Gasteiger partial charge on any atom is 0.232 e. The molecule has 5 rings (SSSR count). The maximum absolute atomic E-state index is 9.65. The lowest BCUT2D eigenvalue weighted by molar-refractivity contribution is 0.0193. The molecule has 3 heterocycles. The quantitative estimate of drug-likeness (QED) is 0.290. The number of nitriles is 1. The first-order valence-corrected chi connectivity index (χ1v) is 12.9. The minimum absolute atomic E-state index is 0.156. The number of halogens is 1. The van der Waals surface area contributed by atoms with Gasteiger partial charge in [0.15, 0.2) is 0 Å². The van der Waals surface area contributed by atoms with E-state index in [4.69, 9.17) is 25.5 Å². The van der Waals surface area contributed by atoms with E-state index in [-0.39, 0.29) is 11.7 Å². The van der Waals surface area contributed by atoms with Crippen LogP contribution in [0.25, 0.3) is 11.5 Å². The molecule has 0 bridgehead atoms. The maximum atomic E-state index is 9.65. The largest absolute Gasteiger partial charge is 0.489 e. The van der Waals surface area contributed by atoms with E-state index >= 15 is 0 Å². The van der Waals surface area contributed by atoms with Crippen molar-refractivity contribution < 1.29 is 13.9 Å². The van der Waals surface area contributed by atoms with Crippen LogP contribution < -0.4 is 10.1 Å². The summed E-state index contributed by atoms with van der Waals surface area (Å²) < 4.78 is 17.4. The highest BCUT2D eigenvalue weighted by molar-refractivity contribution is 7.10. The number of nitrogens with one attached hydrogen (secondary N) is 1. The second kappa shape index (κ2) is 11.6. The zero-order valence-corrected chi connectivity index (χ0v) is 21.1. The van der Waals surface area contributed by atoms with Crippen LogP contribution in [0.15, 0.2) is 70.5 Å². The molecule has 0 amide bonds. The molecule has 0 unspecified atom stereocenters. The van der Waals surface area contributed by atoms with Crippen LogP contribution in [0.2, 0.25) is 5.02 Å². The normalized spacial score (nSPS) is 14.8. The number of rotatable bonds is 9. The van der Waals surface area contributed by atoms with Crippen molar-refractivity contribution in [1.82, 2.24) is 9.88 Å². The van der Waals surface area contributed by atoms with Gasteiger partial charge in [0.05, 0.1) is 19.3 Å². The average Bonchev–Trinajstić information content (AvgIpc) is 3.60. The summed E-state index contributed by atoms with van der Waals surface area (Å²) in [5.74, 6) is 1.46. The van der Waals surface area contributed by atoms with E-state index in [1.165, 1.54) is 4.88 Å². The van der Waals surface area contributed by atoms with Crippen molar-refractivity contribution >= 4 is 28.8 Å². The summed E-state index contributed by atoms with van der Waals surface area (Å²) in [4.78, 5) is 8.06. The highest BCUT2D eigenvalue weighted by Gasteiger charge is 2.25. The molecule has 1 atom stereocenters. The first kappa shape index (κ1) is 24.3. The van der Waals surface area contributed by atoms with Crippen LogP contribution in [-0.2, 0) is 11.3 Å². The Kier molecular flexibility index (Phi) is 7.84. The summed E-state index contributed by atoms with van der Waals surface area (Å²) in [6.45, 7) is 4.13. The summed E-state index contributed by atoms with van der Waals surface area (Å²) in [5, 5.41) is 15.7.